The zero-order valence-electron chi connectivity index (χ0n) is 14.7. The van der Waals surface area contributed by atoms with Crippen molar-refractivity contribution in [3.63, 3.8) is 0 Å². The third-order valence-electron chi connectivity index (χ3n) is 4.87. The molecule has 0 aliphatic carbocycles. The highest BCUT2D eigenvalue weighted by atomic mass is 35.5. The minimum absolute atomic E-state index is 0.0730. The van der Waals surface area contributed by atoms with Gasteiger partial charge in [0, 0.05) is 34.3 Å². The van der Waals surface area contributed by atoms with Crippen LogP contribution in [-0.4, -0.2) is 39.6 Å². The quantitative estimate of drug-likeness (QED) is 0.666. The van der Waals surface area contributed by atoms with Crippen molar-refractivity contribution in [1.29, 1.82) is 0 Å². The number of carbonyl (C=O) groups is 1. The van der Waals surface area contributed by atoms with Gasteiger partial charge in [-0.05, 0) is 56.2 Å². The number of hydrogen-bond donors (Lipinski definition) is 1. The molecule has 27 heavy (non-hydrogen) atoms. The molecule has 140 valence electrons. The van der Waals surface area contributed by atoms with Crippen LogP contribution in [0.1, 0.15) is 30.1 Å². The van der Waals surface area contributed by atoms with E-state index in [0.717, 1.165) is 0 Å². The maximum Gasteiger partial charge on any atom is 0.253 e. The molecular weight excluding hydrogens is 387 g/mol. The Balaban J connectivity index is 1.62. The molecule has 1 amide bonds. The van der Waals surface area contributed by atoms with Gasteiger partial charge in [0.25, 0.3) is 5.91 Å². The number of amides is 1. The molecule has 3 aromatic rings. The molecule has 0 saturated carbocycles. The van der Waals surface area contributed by atoms with Crippen LogP contribution in [0.25, 0.3) is 22.6 Å². The summed E-state index contributed by atoms with van der Waals surface area (Å²) in [6, 6.07) is 10.3. The lowest BCUT2D eigenvalue weighted by atomic mass is 9.93. The maximum atomic E-state index is 12.8. The van der Waals surface area contributed by atoms with Crippen molar-refractivity contribution in [2.45, 2.75) is 25.4 Å². The lowest BCUT2D eigenvalue weighted by molar-refractivity contribution is -0.00202. The zero-order chi connectivity index (χ0) is 19.2. The van der Waals surface area contributed by atoms with Gasteiger partial charge in [-0.25, -0.2) is 4.98 Å². The van der Waals surface area contributed by atoms with E-state index in [1.165, 1.54) is 0 Å². The Labute approximate surface area is 166 Å². The molecule has 1 aromatic heterocycles. The second kappa shape index (κ2) is 6.82. The first-order valence-corrected chi connectivity index (χ1v) is 9.45. The minimum Gasteiger partial charge on any atom is -0.436 e. The molecule has 1 aliphatic heterocycles. The molecule has 0 unspecified atom stereocenters. The summed E-state index contributed by atoms with van der Waals surface area (Å²) >= 11 is 12.1. The molecule has 1 saturated heterocycles. The average molecular weight is 405 g/mol. The molecule has 0 atom stereocenters. The minimum atomic E-state index is -0.696. The Morgan fingerprint density at radius 1 is 1.15 bits per heavy atom. The monoisotopic (exact) mass is 404 g/mol. The average Bonchev–Trinajstić information content (AvgIpc) is 3.03. The van der Waals surface area contributed by atoms with Gasteiger partial charge >= 0.3 is 0 Å². The number of likely N-dealkylation sites (tertiary alicyclic amines) is 1. The molecule has 0 bridgehead atoms. The highest BCUT2D eigenvalue weighted by Gasteiger charge is 2.30. The van der Waals surface area contributed by atoms with E-state index in [4.69, 9.17) is 27.6 Å². The Morgan fingerprint density at radius 3 is 2.48 bits per heavy atom. The van der Waals surface area contributed by atoms with Crippen LogP contribution < -0.4 is 0 Å². The van der Waals surface area contributed by atoms with Crippen LogP contribution in [0.5, 0.6) is 0 Å². The van der Waals surface area contributed by atoms with Crippen LogP contribution in [0.15, 0.2) is 40.8 Å². The fourth-order valence-electron chi connectivity index (χ4n) is 3.23. The van der Waals surface area contributed by atoms with Gasteiger partial charge in [0.2, 0.25) is 5.89 Å². The summed E-state index contributed by atoms with van der Waals surface area (Å²) in [6.45, 7) is 2.87. The Bertz CT molecular complexity index is 999. The molecule has 2 aromatic carbocycles. The van der Waals surface area contributed by atoms with Crippen molar-refractivity contribution in [2.75, 3.05) is 13.1 Å². The predicted molar refractivity (Wildman–Crippen MR) is 105 cm³/mol. The lowest BCUT2D eigenvalue weighted by Gasteiger charge is -2.35. The van der Waals surface area contributed by atoms with Crippen molar-refractivity contribution in [2.24, 2.45) is 0 Å². The summed E-state index contributed by atoms with van der Waals surface area (Å²) in [5, 5.41) is 11.0. The summed E-state index contributed by atoms with van der Waals surface area (Å²) in [7, 11) is 0. The van der Waals surface area contributed by atoms with E-state index in [9.17, 15) is 9.90 Å². The molecule has 0 radical (unpaired) electrons. The van der Waals surface area contributed by atoms with Gasteiger partial charge in [0.15, 0.2) is 5.58 Å². The summed E-state index contributed by atoms with van der Waals surface area (Å²) in [4.78, 5) is 19.0. The number of piperidine rings is 1. The molecule has 5 nitrogen and oxygen atoms in total. The van der Waals surface area contributed by atoms with Gasteiger partial charge in [-0.3, -0.25) is 4.79 Å². The van der Waals surface area contributed by atoms with Crippen LogP contribution in [0.4, 0.5) is 0 Å². The number of hydrogen-bond acceptors (Lipinski definition) is 4. The van der Waals surface area contributed by atoms with E-state index in [2.05, 4.69) is 4.98 Å². The summed E-state index contributed by atoms with van der Waals surface area (Å²) in [6.07, 6.45) is 1.14. The molecular formula is C20H18Cl2N2O3. The van der Waals surface area contributed by atoms with Gasteiger partial charge in [-0.2, -0.15) is 0 Å². The van der Waals surface area contributed by atoms with Gasteiger partial charge in [-0.15, -0.1) is 0 Å². The number of fused-ring (bicyclic) bond motifs is 1. The number of benzene rings is 2. The van der Waals surface area contributed by atoms with Crippen LogP contribution in [-0.2, 0) is 0 Å². The largest absolute Gasteiger partial charge is 0.436 e. The smallest absolute Gasteiger partial charge is 0.253 e. The van der Waals surface area contributed by atoms with Crippen molar-refractivity contribution >= 4 is 40.2 Å². The van der Waals surface area contributed by atoms with Gasteiger partial charge in [-0.1, -0.05) is 23.2 Å². The van der Waals surface area contributed by atoms with Gasteiger partial charge < -0.3 is 14.4 Å². The van der Waals surface area contributed by atoms with Crippen LogP contribution in [0, 0.1) is 0 Å². The molecule has 7 heteroatoms. The van der Waals surface area contributed by atoms with Crippen LogP contribution in [0.2, 0.25) is 10.0 Å². The van der Waals surface area contributed by atoms with Crippen molar-refractivity contribution < 1.29 is 14.3 Å². The van der Waals surface area contributed by atoms with E-state index in [-0.39, 0.29) is 5.91 Å². The number of aromatic nitrogens is 1. The fourth-order valence-corrected chi connectivity index (χ4v) is 3.76. The van der Waals surface area contributed by atoms with Gasteiger partial charge in [0.05, 0.1) is 5.60 Å². The molecule has 1 fully saturated rings. The van der Waals surface area contributed by atoms with Crippen LogP contribution >= 0.6 is 23.2 Å². The molecule has 0 spiro atoms. The van der Waals surface area contributed by atoms with E-state index >= 15 is 0 Å². The summed E-state index contributed by atoms with van der Waals surface area (Å²) in [5.74, 6) is 0.323. The Morgan fingerprint density at radius 2 is 1.81 bits per heavy atom. The highest BCUT2D eigenvalue weighted by molar-refractivity contribution is 6.35. The first kappa shape index (κ1) is 18.3. The maximum absolute atomic E-state index is 12.8. The van der Waals surface area contributed by atoms with Crippen molar-refractivity contribution in [3.8, 4) is 11.5 Å². The van der Waals surface area contributed by atoms with E-state index in [1.807, 2.05) is 0 Å². The Hall–Kier alpha value is -2.08. The lowest BCUT2D eigenvalue weighted by Crippen LogP contribution is -2.45. The number of halogens is 2. The van der Waals surface area contributed by atoms with Crippen molar-refractivity contribution in [1.82, 2.24) is 9.88 Å². The number of carbonyl (C=O) groups excluding carboxylic acids is 1. The predicted octanol–water partition coefficient (Wildman–Crippen LogP) is 4.79. The Kier molecular flexibility index (Phi) is 4.62. The molecule has 1 N–H and O–H groups in total. The highest BCUT2D eigenvalue weighted by Crippen LogP contribution is 2.30. The summed E-state index contributed by atoms with van der Waals surface area (Å²) in [5.41, 5.74) is 1.69. The first-order chi connectivity index (χ1) is 12.8. The normalized spacial score (nSPS) is 16.7. The van der Waals surface area contributed by atoms with E-state index in [0.29, 0.717) is 64.1 Å². The third-order valence-corrected chi connectivity index (χ3v) is 5.31. The van der Waals surface area contributed by atoms with E-state index in [1.54, 1.807) is 48.2 Å². The molecule has 1 aliphatic rings. The topological polar surface area (TPSA) is 66.6 Å². The van der Waals surface area contributed by atoms with Crippen molar-refractivity contribution in [3.05, 3.63) is 52.0 Å². The zero-order valence-corrected chi connectivity index (χ0v) is 16.2. The number of rotatable bonds is 2. The second-order valence-electron chi connectivity index (χ2n) is 7.15. The molecule has 2 heterocycles. The van der Waals surface area contributed by atoms with Crippen LogP contribution in [0.3, 0.4) is 0 Å². The second-order valence-corrected chi connectivity index (χ2v) is 8.02. The SMILES string of the molecule is CC1(O)CCN(C(=O)c2ccc3nc(-c4cc(Cl)cc(Cl)c4)oc3c2)CC1. The fraction of sp³-hybridized carbons (Fsp3) is 0.300. The third kappa shape index (κ3) is 3.81. The number of aliphatic hydroxyl groups is 1. The summed E-state index contributed by atoms with van der Waals surface area (Å²) < 4.78 is 5.84. The van der Waals surface area contributed by atoms with Gasteiger partial charge in [0.1, 0.15) is 5.52 Å². The van der Waals surface area contributed by atoms with E-state index < -0.39 is 5.60 Å². The first-order valence-electron chi connectivity index (χ1n) is 8.69. The number of nitrogens with zero attached hydrogens (tertiary/aromatic N) is 2. The number of oxazole rings is 1. The standard InChI is InChI=1S/C20H18Cl2N2O3/c1-20(26)4-6-24(7-5-20)19(25)12-2-3-16-17(10-12)27-18(23-16)13-8-14(21)11-15(22)9-13/h2-3,8-11,26H,4-7H2,1H3. The molecule has 4 rings (SSSR count).